The van der Waals surface area contributed by atoms with E-state index < -0.39 is 0 Å². The normalized spacial score (nSPS) is 25.0. The monoisotopic (exact) mass is 234 g/mol. The van der Waals surface area contributed by atoms with Crippen LogP contribution in [0.2, 0.25) is 0 Å². The summed E-state index contributed by atoms with van der Waals surface area (Å²) in [5, 5.41) is 9.02. The third kappa shape index (κ3) is 2.78. The Kier molecular flexibility index (Phi) is 4.00. The van der Waals surface area contributed by atoms with Crippen LogP contribution in [0.5, 0.6) is 0 Å². The summed E-state index contributed by atoms with van der Waals surface area (Å²) in [4.78, 5) is 6.86. The van der Waals surface area contributed by atoms with Gasteiger partial charge in [0.25, 0.3) is 0 Å². The summed E-state index contributed by atoms with van der Waals surface area (Å²) in [7, 11) is 0. The SMILES string of the molecule is CCC1CCC(C)N(c2ccc(CO)cn2)C1. The van der Waals surface area contributed by atoms with Gasteiger partial charge in [0, 0.05) is 18.8 Å². The average molecular weight is 234 g/mol. The molecule has 0 radical (unpaired) electrons. The van der Waals surface area contributed by atoms with Crippen molar-refractivity contribution in [2.24, 2.45) is 5.92 Å². The van der Waals surface area contributed by atoms with Gasteiger partial charge >= 0.3 is 0 Å². The summed E-state index contributed by atoms with van der Waals surface area (Å²) in [5.41, 5.74) is 0.880. The van der Waals surface area contributed by atoms with Gasteiger partial charge in [-0.2, -0.15) is 0 Å². The molecule has 1 aromatic heterocycles. The topological polar surface area (TPSA) is 36.4 Å². The molecule has 0 saturated carbocycles. The Hall–Kier alpha value is -1.09. The molecule has 0 bridgehead atoms. The summed E-state index contributed by atoms with van der Waals surface area (Å²) >= 11 is 0. The van der Waals surface area contributed by atoms with Gasteiger partial charge in [-0.3, -0.25) is 0 Å². The predicted molar refractivity (Wildman–Crippen MR) is 70.0 cm³/mol. The van der Waals surface area contributed by atoms with Crippen LogP contribution in [0, 0.1) is 5.92 Å². The molecule has 0 amide bonds. The third-order valence-electron chi connectivity index (χ3n) is 3.84. The molecular weight excluding hydrogens is 212 g/mol. The molecular formula is C14H22N2O. The summed E-state index contributed by atoms with van der Waals surface area (Å²) in [6, 6.07) is 4.57. The Morgan fingerprint density at radius 1 is 1.41 bits per heavy atom. The molecule has 0 aliphatic carbocycles. The van der Waals surface area contributed by atoms with Crippen LogP contribution in [-0.2, 0) is 6.61 Å². The van der Waals surface area contributed by atoms with Gasteiger partial charge in [0.2, 0.25) is 0 Å². The van der Waals surface area contributed by atoms with Crippen LogP contribution in [0.15, 0.2) is 18.3 Å². The lowest BCUT2D eigenvalue weighted by atomic mass is 9.91. The van der Waals surface area contributed by atoms with E-state index in [0.29, 0.717) is 6.04 Å². The number of pyridine rings is 1. The van der Waals surface area contributed by atoms with Crippen molar-refractivity contribution in [2.75, 3.05) is 11.4 Å². The van der Waals surface area contributed by atoms with Gasteiger partial charge in [-0.05, 0) is 37.3 Å². The number of hydrogen-bond donors (Lipinski definition) is 1. The van der Waals surface area contributed by atoms with E-state index >= 15 is 0 Å². The number of aromatic nitrogens is 1. The molecule has 1 saturated heterocycles. The number of nitrogens with zero attached hydrogens (tertiary/aromatic N) is 2. The first-order valence-corrected chi connectivity index (χ1v) is 6.57. The molecule has 94 valence electrons. The van der Waals surface area contributed by atoms with E-state index in [2.05, 4.69) is 23.7 Å². The van der Waals surface area contributed by atoms with Crippen LogP contribution in [0.1, 0.15) is 38.7 Å². The van der Waals surface area contributed by atoms with E-state index in [0.717, 1.165) is 23.8 Å². The second-order valence-corrected chi connectivity index (χ2v) is 5.04. The van der Waals surface area contributed by atoms with Crippen LogP contribution >= 0.6 is 0 Å². The summed E-state index contributed by atoms with van der Waals surface area (Å²) in [6.07, 6.45) is 5.61. The van der Waals surface area contributed by atoms with Crippen molar-refractivity contribution >= 4 is 5.82 Å². The largest absolute Gasteiger partial charge is 0.392 e. The Morgan fingerprint density at radius 3 is 2.82 bits per heavy atom. The Balaban J connectivity index is 2.12. The molecule has 2 heterocycles. The smallest absolute Gasteiger partial charge is 0.128 e. The number of rotatable bonds is 3. The zero-order valence-corrected chi connectivity index (χ0v) is 10.8. The van der Waals surface area contributed by atoms with Gasteiger partial charge in [0.15, 0.2) is 0 Å². The van der Waals surface area contributed by atoms with E-state index in [1.54, 1.807) is 6.20 Å². The van der Waals surface area contributed by atoms with E-state index in [1.807, 2.05) is 12.1 Å². The Morgan fingerprint density at radius 2 is 2.24 bits per heavy atom. The molecule has 1 aliphatic rings. The van der Waals surface area contributed by atoms with Crippen molar-refractivity contribution < 1.29 is 5.11 Å². The number of hydrogen-bond acceptors (Lipinski definition) is 3. The number of piperidine rings is 1. The van der Waals surface area contributed by atoms with Crippen molar-refractivity contribution in [2.45, 2.75) is 45.8 Å². The van der Waals surface area contributed by atoms with Crippen LogP contribution in [0.3, 0.4) is 0 Å². The first-order chi connectivity index (χ1) is 8.24. The highest BCUT2D eigenvalue weighted by atomic mass is 16.3. The molecule has 3 nitrogen and oxygen atoms in total. The Labute approximate surface area is 103 Å². The van der Waals surface area contributed by atoms with Crippen LogP contribution in [0.25, 0.3) is 0 Å². The van der Waals surface area contributed by atoms with Gasteiger partial charge in [0.05, 0.1) is 6.61 Å². The second-order valence-electron chi connectivity index (χ2n) is 5.04. The van der Waals surface area contributed by atoms with Crippen molar-refractivity contribution in [3.8, 4) is 0 Å². The highest BCUT2D eigenvalue weighted by Gasteiger charge is 2.25. The molecule has 0 aromatic carbocycles. The fourth-order valence-electron chi connectivity index (χ4n) is 2.51. The molecule has 1 fully saturated rings. The maximum atomic E-state index is 9.02. The van der Waals surface area contributed by atoms with Crippen molar-refractivity contribution in [1.29, 1.82) is 0 Å². The van der Waals surface area contributed by atoms with Gasteiger partial charge in [-0.1, -0.05) is 19.4 Å². The van der Waals surface area contributed by atoms with E-state index in [4.69, 9.17) is 5.11 Å². The van der Waals surface area contributed by atoms with Gasteiger partial charge < -0.3 is 10.0 Å². The van der Waals surface area contributed by atoms with Gasteiger partial charge in [-0.25, -0.2) is 4.98 Å². The first kappa shape index (κ1) is 12.4. The van der Waals surface area contributed by atoms with E-state index in [9.17, 15) is 0 Å². The third-order valence-corrected chi connectivity index (χ3v) is 3.84. The standard InChI is InChI=1S/C14H22N2O/c1-3-12-5-4-11(2)16(9-12)14-7-6-13(10-17)8-15-14/h6-8,11-12,17H,3-5,9-10H2,1-2H3. The lowest BCUT2D eigenvalue weighted by Gasteiger charge is -2.38. The van der Waals surface area contributed by atoms with E-state index in [-0.39, 0.29) is 6.61 Å². The lowest BCUT2D eigenvalue weighted by Crippen LogP contribution is -2.42. The molecule has 2 rings (SSSR count). The average Bonchev–Trinajstić information content (AvgIpc) is 2.39. The molecule has 1 aromatic rings. The van der Waals surface area contributed by atoms with Crippen LogP contribution in [-0.4, -0.2) is 22.7 Å². The maximum Gasteiger partial charge on any atom is 0.128 e. The van der Waals surface area contributed by atoms with Gasteiger partial charge in [-0.15, -0.1) is 0 Å². The van der Waals surface area contributed by atoms with Crippen molar-refractivity contribution in [1.82, 2.24) is 4.98 Å². The van der Waals surface area contributed by atoms with E-state index in [1.165, 1.54) is 19.3 Å². The zero-order chi connectivity index (χ0) is 12.3. The molecule has 2 atom stereocenters. The summed E-state index contributed by atoms with van der Waals surface area (Å²) in [6.45, 7) is 5.72. The first-order valence-electron chi connectivity index (χ1n) is 6.57. The number of anilines is 1. The minimum atomic E-state index is 0.0699. The Bertz CT molecular complexity index is 350. The fraction of sp³-hybridized carbons (Fsp3) is 0.643. The molecule has 0 spiro atoms. The van der Waals surface area contributed by atoms with Crippen molar-refractivity contribution in [3.63, 3.8) is 0 Å². The lowest BCUT2D eigenvalue weighted by molar-refractivity contribution is 0.281. The minimum absolute atomic E-state index is 0.0699. The number of aliphatic hydroxyl groups is 1. The molecule has 1 N–H and O–H groups in total. The quantitative estimate of drug-likeness (QED) is 0.873. The highest BCUT2D eigenvalue weighted by Crippen LogP contribution is 2.27. The summed E-state index contributed by atoms with van der Waals surface area (Å²) < 4.78 is 0. The number of aliphatic hydroxyl groups excluding tert-OH is 1. The van der Waals surface area contributed by atoms with Crippen LogP contribution in [0.4, 0.5) is 5.82 Å². The second kappa shape index (κ2) is 5.50. The minimum Gasteiger partial charge on any atom is -0.392 e. The molecule has 3 heteroatoms. The zero-order valence-electron chi connectivity index (χ0n) is 10.8. The fourth-order valence-corrected chi connectivity index (χ4v) is 2.51. The maximum absolute atomic E-state index is 9.02. The molecule has 17 heavy (non-hydrogen) atoms. The predicted octanol–water partition coefficient (Wildman–Crippen LogP) is 2.59. The van der Waals surface area contributed by atoms with Crippen molar-refractivity contribution in [3.05, 3.63) is 23.9 Å². The van der Waals surface area contributed by atoms with Gasteiger partial charge in [0.1, 0.15) is 5.82 Å². The van der Waals surface area contributed by atoms with Crippen LogP contribution < -0.4 is 4.90 Å². The summed E-state index contributed by atoms with van der Waals surface area (Å²) in [5.74, 6) is 1.85. The molecule has 2 unspecified atom stereocenters. The molecule has 1 aliphatic heterocycles. The highest BCUT2D eigenvalue weighted by molar-refractivity contribution is 5.41.